The van der Waals surface area contributed by atoms with Crippen LogP contribution >= 0.6 is 11.3 Å². The molecule has 2 atom stereocenters. The van der Waals surface area contributed by atoms with E-state index in [-0.39, 0.29) is 23.8 Å². The third-order valence-corrected chi connectivity index (χ3v) is 4.40. The number of thiophene rings is 1. The number of amides is 2. The lowest BCUT2D eigenvalue weighted by molar-refractivity contribution is -0.145. The van der Waals surface area contributed by atoms with Crippen molar-refractivity contribution in [2.24, 2.45) is 5.92 Å². The molecule has 1 fully saturated rings. The van der Waals surface area contributed by atoms with E-state index >= 15 is 0 Å². The molecule has 0 N–H and O–H groups in total. The molecule has 1 aliphatic rings. The first-order valence-corrected chi connectivity index (χ1v) is 6.90. The molecular formula is C13H18N2O2S. The predicted molar refractivity (Wildman–Crippen MR) is 71.2 cm³/mol. The Hall–Kier alpha value is -1.36. The highest BCUT2D eigenvalue weighted by Gasteiger charge is 2.39. The van der Waals surface area contributed by atoms with Gasteiger partial charge in [0.15, 0.2) is 0 Å². The van der Waals surface area contributed by atoms with Crippen molar-refractivity contribution >= 4 is 23.2 Å². The van der Waals surface area contributed by atoms with Gasteiger partial charge >= 0.3 is 0 Å². The van der Waals surface area contributed by atoms with E-state index < -0.39 is 0 Å². The monoisotopic (exact) mass is 266 g/mol. The SMILES string of the molecule is CN(C)C(=O)[C@@H]1CCC(=O)N(C)[C@H]1c1cccs1. The zero-order valence-electron chi connectivity index (χ0n) is 10.9. The first-order valence-electron chi connectivity index (χ1n) is 6.02. The Balaban J connectivity index is 2.33. The number of nitrogens with zero attached hydrogens (tertiary/aromatic N) is 2. The van der Waals surface area contributed by atoms with Crippen LogP contribution in [-0.2, 0) is 9.59 Å². The Bertz CT molecular complexity index is 442. The molecule has 1 saturated heterocycles. The van der Waals surface area contributed by atoms with Crippen LogP contribution in [0.3, 0.4) is 0 Å². The van der Waals surface area contributed by atoms with Crippen molar-refractivity contribution in [2.45, 2.75) is 18.9 Å². The van der Waals surface area contributed by atoms with Crippen LogP contribution in [0.15, 0.2) is 17.5 Å². The van der Waals surface area contributed by atoms with E-state index in [1.807, 2.05) is 17.5 Å². The van der Waals surface area contributed by atoms with Crippen LogP contribution in [-0.4, -0.2) is 42.8 Å². The molecule has 2 heterocycles. The van der Waals surface area contributed by atoms with E-state index in [4.69, 9.17) is 0 Å². The molecule has 0 unspecified atom stereocenters. The van der Waals surface area contributed by atoms with E-state index in [0.717, 1.165) is 4.88 Å². The van der Waals surface area contributed by atoms with Crippen molar-refractivity contribution in [3.05, 3.63) is 22.4 Å². The van der Waals surface area contributed by atoms with Gasteiger partial charge in [-0.3, -0.25) is 9.59 Å². The lowest BCUT2D eigenvalue weighted by Crippen LogP contribution is -2.45. The van der Waals surface area contributed by atoms with Gasteiger partial charge in [-0.15, -0.1) is 11.3 Å². The van der Waals surface area contributed by atoms with Gasteiger partial charge in [-0.25, -0.2) is 0 Å². The first-order chi connectivity index (χ1) is 8.52. The van der Waals surface area contributed by atoms with Gasteiger partial charge in [0, 0.05) is 32.4 Å². The zero-order valence-corrected chi connectivity index (χ0v) is 11.7. The molecule has 5 heteroatoms. The summed E-state index contributed by atoms with van der Waals surface area (Å²) < 4.78 is 0. The Kier molecular flexibility index (Phi) is 3.71. The molecule has 18 heavy (non-hydrogen) atoms. The first kappa shape index (κ1) is 13.1. The molecular weight excluding hydrogens is 248 g/mol. The average Bonchev–Trinajstić information content (AvgIpc) is 2.84. The molecule has 0 aliphatic carbocycles. The van der Waals surface area contributed by atoms with Crippen LogP contribution in [0.25, 0.3) is 0 Å². The molecule has 98 valence electrons. The summed E-state index contributed by atoms with van der Waals surface area (Å²) in [5.41, 5.74) is 0. The maximum atomic E-state index is 12.2. The molecule has 1 aromatic heterocycles. The lowest BCUT2D eigenvalue weighted by atomic mass is 9.87. The molecule has 0 saturated carbocycles. The maximum Gasteiger partial charge on any atom is 0.227 e. The molecule has 0 bridgehead atoms. The zero-order chi connectivity index (χ0) is 13.3. The Morgan fingerprint density at radius 3 is 2.78 bits per heavy atom. The highest BCUT2D eigenvalue weighted by Crippen LogP contribution is 2.38. The fourth-order valence-corrected chi connectivity index (χ4v) is 3.41. The Labute approximate surface area is 111 Å². The number of rotatable bonds is 2. The number of piperidine rings is 1. The summed E-state index contributed by atoms with van der Waals surface area (Å²) in [5, 5.41) is 1.99. The summed E-state index contributed by atoms with van der Waals surface area (Å²) >= 11 is 1.60. The van der Waals surface area contributed by atoms with Gasteiger partial charge in [0.1, 0.15) is 0 Å². The number of hydrogen-bond acceptors (Lipinski definition) is 3. The largest absolute Gasteiger partial charge is 0.349 e. The minimum absolute atomic E-state index is 0.104. The summed E-state index contributed by atoms with van der Waals surface area (Å²) in [6.45, 7) is 0. The van der Waals surface area contributed by atoms with Crippen LogP contribution in [0, 0.1) is 5.92 Å². The minimum Gasteiger partial charge on any atom is -0.349 e. The third-order valence-electron chi connectivity index (χ3n) is 3.45. The van der Waals surface area contributed by atoms with E-state index in [0.29, 0.717) is 12.8 Å². The van der Waals surface area contributed by atoms with Gasteiger partial charge < -0.3 is 9.80 Å². The fraction of sp³-hybridized carbons (Fsp3) is 0.538. The lowest BCUT2D eigenvalue weighted by Gasteiger charge is -2.38. The van der Waals surface area contributed by atoms with E-state index in [9.17, 15) is 9.59 Å². The fourth-order valence-electron chi connectivity index (χ4n) is 2.48. The number of carbonyl (C=O) groups is 2. The summed E-state index contributed by atoms with van der Waals surface area (Å²) in [7, 11) is 5.33. The Morgan fingerprint density at radius 1 is 1.50 bits per heavy atom. The van der Waals surface area contributed by atoms with E-state index in [2.05, 4.69) is 0 Å². The smallest absolute Gasteiger partial charge is 0.227 e. The van der Waals surface area contributed by atoms with Gasteiger partial charge in [-0.05, 0) is 17.9 Å². The quantitative estimate of drug-likeness (QED) is 0.818. The van der Waals surface area contributed by atoms with Crippen molar-refractivity contribution in [1.82, 2.24) is 9.80 Å². The second-order valence-corrected chi connectivity index (χ2v) is 5.82. The second kappa shape index (κ2) is 5.10. The normalized spacial score (nSPS) is 24.2. The van der Waals surface area contributed by atoms with Crippen molar-refractivity contribution in [1.29, 1.82) is 0 Å². The second-order valence-electron chi connectivity index (χ2n) is 4.84. The van der Waals surface area contributed by atoms with Gasteiger partial charge in [0.05, 0.1) is 12.0 Å². The molecule has 2 rings (SSSR count). The Morgan fingerprint density at radius 2 is 2.22 bits per heavy atom. The summed E-state index contributed by atoms with van der Waals surface area (Å²) in [6.07, 6.45) is 1.10. The van der Waals surface area contributed by atoms with E-state index in [1.165, 1.54) is 0 Å². The summed E-state index contributed by atoms with van der Waals surface area (Å²) in [4.78, 5) is 28.5. The van der Waals surface area contributed by atoms with Crippen LogP contribution in [0.1, 0.15) is 23.8 Å². The highest BCUT2D eigenvalue weighted by atomic mass is 32.1. The number of carbonyl (C=O) groups excluding carboxylic acids is 2. The molecule has 0 spiro atoms. The molecule has 2 amide bonds. The van der Waals surface area contributed by atoms with E-state index in [1.54, 1.807) is 42.3 Å². The van der Waals surface area contributed by atoms with Crippen LogP contribution in [0.2, 0.25) is 0 Å². The minimum atomic E-state index is -0.124. The molecule has 0 aromatic carbocycles. The van der Waals surface area contributed by atoms with Crippen molar-refractivity contribution < 1.29 is 9.59 Å². The average molecular weight is 266 g/mol. The molecule has 1 aliphatic heterocycles. The van der Waals surface area contributed by atoms with Crippen LogP contribution in [0.4, 0.5) is 0 Å². The molecule has 4 nitrogen and oxygen atoms in total. The molecule has 1 aromatic rings. The van der Waals surface area contributed by atoms with Crippen molar-refractivity contribution in [3.8, 4) is 0 Å². The van der Waals surface area contributed by atoms with Gasteiger partial charge in [-0.1, -0.05) is 6.07 Å². The topological polar surface area (TPSA) is 40.6 Å². The third kappa shape index (κ3) is 2.27. The number of hydrogen-bond donors (Lipinski definition) is 0. The van der Waals surface area contributed by atoms with Gasteiger partial charge in [-0.2, -0.15) is 0 Å². The van der Waals surface area contributed by atoms with Crippen molar-refractivity contribution in [3.63, 3.8) is 0 Å². The highest BCUT2D eigenvalue weighted by molar-refractivity contribution is 7.10. The van der Waals surface area contributed by atoms with Crippen LogP contribution < -0.4 is 0 Å². The van der Waals surface area contributed by atoms with Crippen molar-refractivity contribution in [2.75, 3.05) is 21.1 Å². The number of likely N-dealkylation sites (tertiary alicyclic amines) is 1. The van der Waals surface area contributed by atoms with Crippen LogP contribution in [0.5, 0.6) is 0 Å². The van der Waals surface area contributed by atoms with Gasteiger partial charge in [0.2, 0.25) is 11.8 Å². The molecule has 0 radical (unpaired) electrons. The summed E-state index contributed by atoms with van der Waals surface area (Å²) in [6, 6.07) is 3.85. The predicted octanol–water partition coefficient (Wildman–Crippen LogP) is 1.75. The maximum absolute atomic E-state index is 12.2. The summed E-state index contributed by atoms with van der Waals surface area (Å²) in [5.74, 6) is 0.102. The standard InChI is InChI=1S/C13H18N2O2S/c1-14(2)13(17)9-6-7-11(16)15(3)12(9)10-5-4-8-18-10/h4-5,8-9,12H,6-7H2,1-3H3/t9-,12-/m1/s1. The van der Waals surface area contributed by atoms with Gasteiger partial charge in [0.25, 0.3) is 0 Å².